The van der Waals surface area contributed by atoms with E-state index in [0.717, 1.165) is 17.8 Å². The first kappa shape index (κ1) is 13.4. The summed E-state index contributed by atoms with van der Waals surface area (Å²) in [6.45, 7) is 4.72. The normalized spacial score (nSPS) is 32.2. The van der Waals surface area contributed by atoms with Crippen LogP contribution in [-0.2, 0) is 0 Å². The van der Waals surface area contributed by atoms with Crippen molar-refractivity contribution in [2.45, 2.75) is 52.0 Å². The largest absolute Gasteiger partial charge is 0.327 e. The van der Waals surface area contributed by atoms with Gasteiger partial charge in [-0.25, -0.2) is 0 Å². The molecule has 1 aliphatic rings. The third kappa shape index (κ3) is 4.36. The molecule has 0 radical (unpaired) electrons. The number of hydrogen-bond donors (Lipinski definition) is 1. The zero-order valence-corrected chi connectivity index (χ0v) is 11.4. The first-order chi connectivity index (χ1) is 7.15. The van der Waals surface area contributed by atoms with Crippen LogP contribution in [0.4, 0.5) is 0 Å². The fraction of sp³-hybridized carbons (Fsp3) is 1.00. The van der Waals surface area contributed by atoms with Crippen molar-refractivity contribution in [2.24, 2.45) is 23.5 Å². The number of nitrogens with two attached hydrogens (primary N) is 1. The minimum atomic E-state index is 0.488. The van der Waals surface area contributed by atoms with Crippen molar-refractivity contribution in [3.05, 3.63) is 0 Å². The van der Waals surface area contributed by atoms with E-state index in [1.165, 1.54) is 37.9 Å². The Hall–Kier alpha value is 0.310. The topological polar surface area (TPSA) is 26.0 Å². The number of rotatable bonds is 5. The van der Waals surface area contributed by atoms with E-state index < -0.39 is 0 Å². The smallest absolute Gasteiger partial charge is 0.00673 e. The number of hydrogen-bond acceptors (Lipinski definition) is 2. The van der Waals surface area contributed by atoms with E-state index in [1.54, 1.807) is 0 Å². The maximum absolute atomic E-state index is 6.22. The van der Waals surface area contributed by atoms with Gasteiger partial charge in [0.05, 0.1) is 0 Å². The van der Waals surface area contributed by atoms with Crippen molar-refractivity contribution >= 4 is 11.8 Å². The molecule has 1 nitrogen and oxygen atoms in total. The maximum atomic E-state index is 6.22. The molecule has 1 aliphatic carbocycles. The van der Waals surface area contributed by atoms with E-state index in [9.17, 15) is 0 Å². The van der Waals surface area contributed by atoms with Gasteiger partial charge in [0.15, 0.2) is 0 Å². The van der Waals surface area contributed by atoms with Crippen molar-refractivity contribution in [3.63, 3.8) is 0 Å². The molecule has 0 aromatic heterocycles. The summed E-state index contributed by atoms with van der Waals surface area (Å²) in [5.41, 5.74) is 6.22. The van der Waals surface area contributed by atoms with Crippen LogP contribution in [0.15, 0.2) is 0 Å². The minimum absolute atomic E-state index is 0.488. The monoisotopic (exact) mass is 229 g/mol. The lowest BCUT2D eigenvalue weighted by atomic mass is 9.72. The molecule has 2 N–H and O–H groups in total. The Bertz CT molecular complexity index is 170. The Balaban J connectivity index is 2.32. The van der Waals surface area contributed by atoms with Crippen LogP contribution in [0.2, 0.25) is 0 Å². The first-order valence-electron chi connectivity index (χ1n) is 6.39. The molecule has 0 aromatic rings. The molecule has 0 spiro atoms. The molecule has 3 unspecified atom stereocenters. The van der Waals surface area contributed by atoms with Crippen LogP contribution in [-0.4, -0.2) is 18.1 Å². The zero-order valence-electron chi connectivity index (χ0n) is 10.5. The minimum Gasteiger partial charge on any atom is -0.327 e. The van der Waals surface area contributed by atoms with E-state index in [2.05, 4.69) is 20.1 Å². The van der Waals surface area contributed by atoms with E-state index >= 15 is 0 Å². The van der Waals surface area contributed by atoms with Crippen molar-refractivity contribution < 1.29 is 0 Å². The summed E-state index contributed by atoms with van der Waals surface area (Å²) in [4.78, 5) is 0. The molecular formula is C13H27NS. The van der Waals surface area contributed by atoms with Crippen LogP contribution in [0.3, 0.4) is 0 Å². The van der Waals surface area contributed by atoms with Crippen LogP contribution in [0.25, 0.3) is 0 Å². The predicted molar refractivity (Wildman–Crippen MR) is 71.3 cm³/mol. The molecule has 0 bridgehead atoms. The van der Waals surface area contributed by atoms with Gasteiger partial charge in [-0.3, -0.25) is 0 Å². The average molecular weight is 229 g/mol. The van der Waals surface area contributed by atoms with E-state index in [1.807, 2.05) is 11.8 Å². The molecular weight excluding hydrogens is 202 g/mol. The lowest BCUT2D eigenvalue weighted by Crippen LogP contribution is -2.37. The number of thioether (sulfide) groups is 1. The molecule has 0 amide bonds. The third-order valence-corrected chi connectivity index (χ3v) is 4.64. The molecule has 0 saturated heterocycles. The average Bonchev–Trinajstić information content (AvgIpc) is 2.20. The Labute approximate surface area is 99.6 Å². The second-order valence-electron chi connectivity index (χ2n) is 5.38. The van der Waals surface area contributed by atoms with Gasteiger partial charge in [-0.15, -0.1) is 0 Å². The van der Waals surface area contributed by atoms with Gasteiger partial charge in [0.1, 0.15) is 0 Å². The zero-order chi connectivity index (χ0) is 11.3. The van der Waals surface area contributed by atoms with Crippen LogP contribution >= 0.6 is 11.8 Å². The summed E-state index contributed by atoms with van der Waals surface area (Å²) in [7, 11) is 0. The lowest BCUT2D eigenvalue weighted by Gasteiger charge is -2.36. The second-order valence-corrected chi connectivity index (χ2v) is 6.36. The van der Waals surface area contributed by atoms with Crippen LogP contribution in [0.5, 0.6) is 0 Å². The maximum Gasteiger partial charge on any atom is 0.00673 e. The van der Waals surface area contributed by atoms with Crippen molar-refractivity contribution in [3.8, 4) is 0 Å². The van der Waals surface area contributed by atoms with Gasteiger partial charge in [0.2, 0.25) is 0 Å². The highest BCUT2D eigenvalue weighted by Gasteiger charge is 2.28. The highest BCUT2D eigenvalue weighted by Crippen LogP contribution is 2.35. The first-order valence-corrected chi connectivity index (χ1v) is 7.79. The molecule has 0 aromatic carbocycles. The summed E-state index contributed by atoms with van der Waals surface area (Å²) < 4.78 is 0. The van der Waals surface area contributed by atoms with Crippen molar-refractivity contribution in [2.75, 3.05) is 12.0 Å². The van der Waals surface area contributed by atoms with Gasteiger partial charge in [-0.2, -0.15) is 11.8 Å². The quantitative estimate of drug-likeness (QED) is 0.730. The van der Waals surface area contributed by atoms with Crippen LogP contribution < -0.4 is 5.73 Å². The van der Waals surface area contributed by atoms with Crippen LogP contribution in [0.1, 0.15) is 46.0 Å². The van der Waals surface area contributed by atoms with Crippen molar-refractivity contribution in [1.82, 2.24) is 0 Å². The summed E-state index contributed by atoms with van der Waals surface area (Å²) >= 11 is 1.96. The molecule has 2 heteroatoms. The highest BCUT2D eigenvalue weighted by molar-refractivity contribution is 7.98. The predicted octanol–water partition coefficient (Wildman–Crippen LogP) is 3.53. The molecule has 1 fully saturated rings. The standard InChI is InChI=1S/C13H27NS/c1-10(2)11-6-7-13(14)12(9-11)5-4-8-15-3/h10-13H,4-9,14H2,1-3H3. The lowest BCUT2D eigenvalue weighted by molar-refractivity contribution is 0.182. The molecule has 3 atom stereocenters. The molecule has 1 rings (SSSR count). The van der Waals surface area contributed by atoms with E-state index in [0.29, 0.717) is 6.04 Å². The molecule has 90 valence electrons. The summed E-state index contributed by atoms with van der Waals surface area (Å²) in [6, 6.07) is 0.488. The fourth-order valence-corrected chi connectivity index (χ4v) is 3.21. The molecule has 1 saturated carbocycles. The van der Waals surface area contributed by atoms with Gasteiger partial charge in [-0.05, 0) is 61.9 Å². The highest BCUT2D eigenvalue weighted by atomic mass is 32.2. The van der Waals surface area contributed by atoms with Crippen LogP contribution in [0, 0.1) is 17.8 Å². The van der Waals surface area contributed by atoms with Gasteiger partial charge in [-0.1, -0.05) is 13.8 Å². The molecule has 0 aliphatic heterocycles. The van der Waals surface area contributed by atoms with Gasteiger partial charge in [0.25, 0.3) is 0 Å². The van der Waals surface area contributed by atoms with Gasteiger partial charge >= 0.3 is 0 Å². The third-order valence-electron chi connectivity index (χ3n) is 3.95. The summed E-state index contributed by atoms with van der Waals surface area (Å²) in [5.74, 6) is 3.89. The Morgan fingerprint density at radius 3 is 2.67 bits per heavy atom. The summed E-state index contributed by atoms with van der Waals surface area (Å²) in [5, 5.41) is 0. The SMILES string of the molecule is CSCCCC1CC(C(C)C)CCC1N. The summed E-state index contributed by atoms with van der Waals surface area (Å²) in [6.07, 6.45) is 8.89. The van der Waals surface area contributed by atoms with E-state index in [-0.39, 0.29) is 0 Å². The molecule has 15 heavy (non-hydrogen) atoms. The Morgan fingerprint density at radius 2 is 2.07 bits per heavy atom. The van der Waals surface area contributed by atoms with Crippen molar-refractivity contribution in [1.29, 1.82) is 0 Å². The second kappa shape index (κ2) is 6.80. The molecule has 0 heterocycles. The Morgan fingerprint density at radius 1 is 1.33 bits per heavy atom. The fourth-order valence-electron chi connectivity index (χ4n) is 2.75. The van der Waals surface area contributed by atoms with Gasteiger partial charge in [0, 0.05) is 6.04 Å². The Kier molecular flexibility index (Phi) is 6.06. The van der Waals surface area contributed by atoms with Gasteiger partial charge < -0.3 is 5.73 Å². The van der Waals surface area contributed by atoms with E-state index in [4.69, 9.17) is 5.73 Å².